The summed E-state index contributed by atoms with van der Waals surface area (Å²) in [4.78, 5) is 106. The molecule has 0 radical (unpaired) electrons. The molecule has 2 saturated heterocycles. The lowest BCUT2D eigenvalue weighted by Crippen LogP contribution is -2.64. The number of esters is 7. The first-order valence-electron chi connectivity index (χ1n) is 14.2. The van der Waals surface area contributed by atoms with Crippen molar-refractivity contribution in [2.75, 3.05) is 6.61 Å². The van der Waals surface area contributed by atoms with Crippen LogP contribution in [0.15, 0.2) is 0 Å². The van der Waals surface area contributed by atoms with Crippen LogP contribution < -0.4 is 0 Å². The van der Waals surface area contributed by atoms with Crippen molar-refractivity contribution >= 4 is 47.8 Å². The maximum absolute atomic E-state index is 12.3. The molecule has 2 heterocycles. The molecule has 2 aliphatic rings. The van der Waals surface area contributed by atoms with Crippen molar-refractivity contribution in [2.24, 2.45) is 5.92 Å². The minimum absolute atomic E-state index is 0.465. The largest absolute Gasteiger partial charge is 0.463 e. The normalized spacial score (nSPS) is 30.0. The molecule has 0 aromatic carbocycles. The molecule has 47 heavy (non-hydrogen) atoms. The Labute approximate surface area is 268 Å². The molecule has 19 nitrogen and oxygen atoms in total. The molecule has 0 amide bonds. The fourth-order valence-corrected chi connectivity index (χ4v) is 5.01. The van der Waals surface area contributed by atoms with E-state index in [0.717, 1.165) is 55.4 Å². The Morgan fingerprint density at radius 1 is 0.447 bits per heavy atom. The predicted octanol–water partition coefficient (Wildman–Crippen LogP) is -0.278. The van der Waals surface area contributed by atoms with Crippen LogP contribution >= 0.6 is 0 Å². The number of hydrogen-bond acceptors (Lipinski definition) is 19. The fraction of sp³-hybridized carbons (Fsp3) is 0.714. The molecule has 2 aliphatic heterocycles. The van der Waals surface area contributed by atoms with E-state index in [-0.39, 0.29) is 0 Å². The molecular formula is C28H38O19. The average Bonchev–Trinajstić information content (AvgIpc) is 2.91. The van der Waals surface area contributed by atoms with Crippen LogP contribution in [0.3, 0.4) is 0 Å². The van der Waals surface area contributed by atoms with Crippen LogP contribution in [0.25, 0.3) is 0 Å². The first-order valence-corrected chi connectivity index (χ1v) is 14.2. The van der Waals surface area contributed by atoms with Gasteiger partial charge in [0, 0.05) is 55.4 Å². The summed E-state index contributed by atoms with van der Waals surface area (Å²) in [5.74, 6) is -8.41. The standard InChI is InChI=1S/C28H38O19/c1-11(29)37-10-21-24(40-14(4)32)25(41-15(5)33)23(39-13(3)31)20(44-21)9-19-22(38-12(2)30)26(42-16(6)34)28(43-17(7)35)45-27(19)47-46-18(8)36/h19-28H,9-10H2,1-8H3/t19-,20-,21+,22-,23-,24-,25+,26+,27+,28+/m0/s1. The Morgan fingerprint density at radius 2 is 0.894 bits per heavy atom. The van der Waals surface area contributed by atoms with Crippen LogP contribution in [0.4, 0.5) is 0 Å². The number of hydrogen-bond donors (Lipinski definition) is 0. The topological polar surface area (TPSA) is 238 Å². The van der Waals surface area contributed by atoms with Gasteiger partial charge in [0.05, 0.1) is 12.0 Å². The maximum Gasteiger partial charge on any atom is 0.339 e. The van der Waals surface area contributed by atoms with Crippen LogP contribution in [-0.4, -0.2) is 110 Å². The zero-order chi connectivity index (χ0) is 35.6. The first kappa shape index (κ1) is 38.8. The van der Waals surface area contributed by atoms with Gasteiger partial charge in [-0.15, -0.1) is 0 Å². The van der Waals surface area contributed by atoms with E-state index >= 15 is 0 Å². The summed E-state index contributed by atoms with van der Waals surface area (Å²) in [6, 6.07) is 0. The molecule has 0 saturated carbocycles. The van der Waals surface area contributed by atoms with Gasteiger partial charge in [-0.1, -0.05) is 0 Å². The second-order valence-electron chi connectivity index (χ2n) is 10.4. The van der Waals surface area contributed by atoms with Crippen LogP contribution in [0.5, 0.6) is 0 Å². The summed E-state index contributed by atoms with van der Waals surface area (Å²) in [6.45, 7) is 7.73. The van der Waals surface area contributed by atoms with Gasteiger partial charge < -0.3 is 42.6 Å². The molecule has 0 aromatic rings. The summed E-state index contributed by atoms with van der Waals surface area (Å²) in [7, 11) is 0. The van der Waals surface area contributed by atoms with Gasteiger partial charge in [0.1, 0.15) is 12.7 Å². The highest BCUT2D eigenvalue weighted by Crippen LogP contribution is 2.39. The Kier molecular flexibility index (Phi) is 14.5. The molecular weight excluding hydrogens is 640 g/mol. The van der Waals surface area contributed by atoms with E-state index in [9.17, 15) is 38.4 Å². The van der Waals surface area contributed by atoms with Crippen molar-refractivity contribution in [1.82, 2.24) is 0 Å². The average molecular weight is 679 g/mol. The first-order chi connectivity index (χ1) is 21.9. The van der Waals surface area contributed by atoms with Gasteiger partial charge in [-0.25, -0.2) is 4.79 Å². The number of ether oxygens (including phenoxy) is 9. The van der Waals surface area contributed by atoms with Gasteiger partial charge in [0.15, 0.2) is 24.4 Å². The van der Waals surface area contributed by atoms with Crippen molar-refractivity contribution < 1.29 is 90.8 Å². The molecule has 19 heteroatoms. The molecule has 10 atom stereocenters. The molecule has 264 valence electrons. The summed E-state index contributed by atoms with van der Waals surface area (Å²) >= 11 is 0. The van der Waals surface area contributed by atoms with E-state index in [2.05, 4.69) is 4.89 Å². The zero-order valence-electron chi connectivity index (χ0n) is 26.9. The third kappa shape index (κ3) is 12.1. The van der Waals surface area contributed by atoms with Crippen molar-refractivity contribution in [3.63, 3.8) is 0 Å². The van der Waals surface area contributed by atoms with Crippen molar-refractivity contribution in [2.45, 2.75) is 117 Å². The lowest BCUT2D eigenvalue weighted by atomic mass is 9.83. The van der Waals surface area contributed by atoms with Gasteiger partial charge in [-0.3, -0.25) is 38.4 Å². The minimum Gasteiger partial charge on any atom is -0.463 e. The van der Waals surface area contributed by atoms with E-state index in [1.807, 2.05) is 0 Å². The zero-order valence-corrected chi connectivity index (χ0v) is 26.9. The Balaban J connectivity index is 2.73. The van der Waals surface area contributed by atoms with Gasteiger partial charge >= 0.3 is 47.8 Å². The number of carbonyl (C=O) groups is 8. The lowest BCUT2D eigenvalue weighted by Gasteiger charge is -2.48. The van der Waals surface area contributed by atoms with Crippen LogP contribution in [0, 0.1) is 5.92 Å². The smallest absolute Gasteiger partial charge is 0.339 e. The van der Waals surface area contributed by atoms with E-state index in [0.29, 0.717) is 0 Å². The molecule has 0 N–H and O–H groups in total. The minimum atomic E-state index is -1.76. The third-order valence-electron chi connectivity index (χ3n) is 6.37. The highest BCUT2D eigenvalue weighted by atomic mass is 17.2. The monoisotopic (exact) mass is 678 g/mol. The summed E-state index contributed by atoms with van der Waals surface area (Å²) in [5, 5.41) is 0. The molecule has 0 aliphatic carbocycles. The molecule has 0 spiro atoms. The lowest BCUT2D eigenvalue weighted by molar-refractivity contribution is -0.419. The van der Waals surface area contributed by atoms with Crippen LogP contribution in [0.1, 0.15) is 61.8 Å². The molecule has 0 unspecified atom stereocenters. The van der Waals surface area contributed by atoms with Crippen molar-refractivity contribution in [3.8, 4) is 0 Å². The SMILES string of the molecule is CC(=O)OC[C@H]1O[C@@H](C[C@@H]2[C@@H](OOC(C)=O)O[C@@H](OC(C)=O)[C@H](OC(C)=O)[C@H]2OC(C)=O)[C@H](OC(C)=O)[C@@H](OC(C)=O)[C@H]1OC(C)=O. The van der Waals surface area contributed by atoms with Gasteiger partial charge in [-0.05, 0) is 6.42 Å². The fourth-order valence-electron chi connectivity index (χ4n) is 5.01. The highest BCUT2D eigenvalue weighted by Gasteiger charge is 2.57. The van der Waals surface area contributed by atoms with E-state index in [1.165, 1.54) is 0 Å². The summed E-state index contributed by atoms with van der Waals surface area (Å²) in [6.07, 6.45) is -14.5. The van der Waals surface area contributed by atoms with E-state index in [4.69, 9.17) is 47.5 Å². The summed E-state index contributed by atoms with van der Waals surface area (Å²) in [5.41, 5.74) is 0. The second-order valence-corrected chi connectivity index (χ2v) is 10.4. The maximum atomic E-state index is 12.3. The van der Waals surface area contributed by atoms with Gasteiger partial charge in [-0.2, -0.15) is 4.89 Å². The van der Waals surface area contributed by atoms with Crippen LogP contribution in [0.2, 0.25) is 0 Å². The Bertz CT molecular complexity index is 1200. The van der Waals surface area contributed by atoms with E-state index < -0.39 is 122 Å². The molecule has 2 fully saturated rings. The molecule has 0 aromatic heterocycles. The van der Waals surface area contributed by atoms with Crippen LogP contribution in [-0.2, 0) is 90.8 Å². The molecule has 2 rings (SSSR count). The third-order valence-corrected chi connectivity index (χ3v) is 6.37. The number of carbonyl (C=O) groups excluding carboxylic acids is 8. The Hall–Kier alpha value is -4.36. The quantitative estimate of drug-likeness (QED) is 0.112. The number of rotatable bonds is 12. The van der Waals surface area contributed by atoms with Crippen molar-refractivity contribution in [1.29, 1.82) is 0 Å². The van der Waals surface area contributed by atoms with E-state index in [1.54, 1.807) is 0 Å². The van der Waals surface area contributed by atoms with Gasteiger partial charge in [0.2, 0.25) is 18.7 Å². The Morgan fingerprint density at radius 3 is 1.36 bits per heavy atom. The second kappa shape index (κ2) is 17.5. The van der Waals surface area contributed by atoms with Crippen molar-refractivity contribution in [3.05, 3.63) is 0 Å². The molecule has 0 bridgehead atoms. The van der Waals surface area contributed by atoms with Gasteiger partial charge in [0.25, 0.3) is 0 Å². The predicted molar refractivity (Wildman–Crippen MR) is 144 cm³/mol. The highest BCUT2D eigenvalue weighted by molar-refractivity contribution is 5.69. The summed E-state index contributed by atoms with van der Waals surface area (Å²) < 4.78 is 49.2.